The number of nitrogens with zero attached hydrogens (tertiary/aromatic N) is 1. The average molecular weight is 175 g/mol. The van der Waals surface area contributed by atoms with Crippen LogP contribution in [-0.2, 0) is 13.3 Å². The van der Waals surface area contributed by atoms with Gasteiger partial charge in [-0.15, -0.1) is 0 Å². The SMILES string of the molecule is CC[Si](OC)(OC)OCC#N. The molecule has 0 fully saturated rings. The molecule has 64 valence electrons. The fourth-order valence-electron chi connectivity index (χ4n) is 0.734. The van der Waals surface area contributed by atoms with Crippen LogP contribution >= 0.6 is 0 Å². The molecule has 0 heterocycles. The first kappa shape index (κ1) is 10.6. The predicted molar refractivity (Wildman–Crippen MR) is 41.8 cm³/mol. The van der Waals surface area contributed by atoms with E-state index in [-0.39, 0.29) is 6.61 Å². The molecule has 0 aliphatic heterocycles. The van der Waals surface area contributed by atoms with Crippen molar-refractivity contribution in [2.24, 2.45) is 0 Å². The smallest absolute Gasteiger partial charge is 0.377 e. The van der Waals surface area contributed by atoms with E-state index in [4.69, 9.17) is 18.5 Å². The Bertz CT molecular complexity index is 133. The van der Waals surface area contributed by atoms with Gasteiger partial charge in [0, 0.05) is 20.3 Å². The standard InChI is InChI=1S/C6H13NO3Si/c1-4-11(8-2,9-3)10-6-5-7/h4,6H2,1-3H3. The summed E-state index contributed by atoms with van der Waals surface area (Å²) in [4.78, 5) is 0. The Kier molecular flexibility index (Phi) is 5.07. The highest BCUT2D eigenvalue weighted by Gasteiger charge is 2.36. The number of nitriles is 1. The summed E-state index contributed by atoms with van der Waals surface area (Å²) in [6.07, 6.45) is 0. The minimum Gasteiger partial charge on any atom is -0.377 e. The van der Waals surface area contributed by atoms with Crippen LogP contribution in [0.5, 0.6) is 0 Å². The van der Waals surface area contributed by atoms with Crippen molar-refractivity contribution in [3.63, 3.8) is 0 Å². The first-order chi connectivity index (χ1) is 5.24. The van der Waals surface area contributed by atoms with Crippen LogP contribution in [0.15, 0.2) is 0 Å². The van der Waals surface area contributed by atoms with Crippen molar-refractivity contribution in [3.05, 3.63) is 0 Å². The van der Waals surface area contributed by atoms with Gasteiger partial charge in [-0.1, -0.05) is 6.92 Å². The van der Waals surface area contributed by atoms with Gasteiger partial charge in [0.2, 0.25) is 0 Å². The second kappa shape index (κ2) is 5.27. The van der Waals surface area contributed by atoms with E-state index in [1.54, 1.807) is 0 Å². The summed E-state index contributed by atoms with van der Waals surface area (Å²) in [7, 11) is 0.616. The molecule has 11 heavy (non-hydrogen) atoms. The Morgan fingerprint density at radius 3 is 2.18 bits per heavy atom. The Hall–Kier alpha value is -0.413. The number of hydrogen-bond donors (Lipinski definition) is 0. The van der Waals surface area contributed by atoms with Crippen molar-refractivity contribution in [1.29, 1.82) is 5.26 Å². The van der Waals surface area contributed by atoms with Gasteiger partial charge in [-0.05, 0) is 0 Å². The molecule has 0 aromatic rings. The molecule has 4 nitrogen and oxygen atoms in total. The molecule has 0 aliphatic carbocycles. The highest BCUT2D eigenvalue weighted by atomic mass is 28.4. The lowest BCUT2D eigenvalue weighted by Crippen LogP contribution is -2.43. The Balaban J connectivity index is 3.96. The quantitative estimate of drug-likeness (QED) is 0.579. The highest BCUT2D eigenvalue weighted by molar-refractivity contribution is 6.60. The molecule has 0 amide bonds. The van der Waals surface area contributed by atoms with Crippen molar-refractivity contribution in [3.8, 4) is 6.07 Å². The van der Waals surface area contributed by atoms with E-state index in [0.29, 0.717) is 6.04 Å². The van der Waals surface area contributed by atoms with Gasteiger partial charge >= 0.3 is 8.80 Å². The summed E-state index contributed by atoms with van der Waals surface area (Å²) in [5, 5.41) is 8.25. The van der Waals surface area contributed by atoms with Gasteiger partial charge < -0.3 is 13.3 Å². The van der Waals surface area contributed by atoms with Crippen LogP contribution in [0.25, 0.3) is 0 Å². The van der Waals surface area contributed by atoms with E-state index in [1.165, 1.54) is 14.2 Å². The van der Waals surface area contributed by atoms with Gasteiger partial charge in [-0.25, -0.2) is 0 Å². The van der Waals surface area contributed by atoms with Gasteiger partial charge in [0.15, 0.2) is 0 Å². The maximum atomic E-state index is 8.25. The zero-order valence-electron chi connectivity index (χ0n) is 7.09. The summed E-state index contributed by atoms with van der Waals surface area (Å²) in [6, 6.07) is 2.56. The molecule has 0 saturated heterocycles. The maximum Gasteiger partial charge on any atom is 0.500 e. The average Bonchev–Trinajstić information content (AvgIpc) is 2.08. The molecule has 0 rings (SSSR count). The summed E-state index contributed by atoms with van der Waals surface area (Å²) >= 11 is 0. The van der Waals surface area contributed by atoms with Crippen LogP contribution in [0.1, 0.15) is 6.92 Å². The second-order valence-corrected chi connectivity index (χ2v) is 5.07. The molecule has 0 aromatic carbocycles. The summed E-state index contributed by atoms with van der Waals surface area (Å²) < 4.78 is 15.3. The van der Waals surface area contributed by atoms with Crippen molar-refractivity contribution >= 4 is 8.80 Å². The molecular weight excluding hydrogens is 162 g/mol. The first-order valence-electron chi connectivity index (χ1n) is 3.36. The van der Waals surface area contributed by atoms with E-state index >= 15 is 0 Å². The lowest BCUT2D eigenvalue weighted by molar-refractivity contribution is 0.113. The molecule has 0 atom stereocenters. The van der Waals surface area contributed by atoms with Gasteiger partial charge in [0.25, 0.3) is 0 Å². The van der Waals surface area contributed by atoms with Crippen molar-refractivity contribution in [2.45, 2.75) is 13.0 Å². The molecule has 0 unspecified atom stereocenters. The first-order valence-corrected chi connectivity index (χ1v) is 5.29. The van der Waals surface area contributed by atoms with Crippen LogP contribution in [0.3, 0.4) is 0 Å². The van der Waals surface area contributed by atoms with E-state index < -0.39 is 8.80 Å². The third-order valence-electron chi connectivity index (χ3n) is 1.41. The Morgan fingerprint density at radius 1 is 1.36 bits per heavy atom. The van der Waals surface area contributed by atoms with Crippen LogP contribution in [-0.4, -0.2) is 29.6 Å². The van der Waals surface area contributed by atoms with Gasteiger partial charge in [-0.3, -0.25) is 0 Å². The lowest BCUT2D eigenvalue weighted by atomic mass is 10.9. The molecular formula is C6H13NO3Si. The molecule has 0 saturated carbocycles. The summed E-state index contributed by atoms with van der Waals surface area (Å²) in [5.74, 6) is 0. The minimum absolute atomic E-state index is 0.0295. The van der Waals surface area contributed by atoms with Crippen LogP contribution in [0.2, 0.25) is 6.04 Å². The number of hydrogen-bond acceptors (Lipinski definition) is 4. The van der Waals surface area contributed by atoms with E-state index in [2.05, 4.69) is 0 Å². The predicted octanol–water partition coefficient (Wildman–Crippen LogP) is 0.778. The third kappa shape index (κ3) is 2.99. The molecule has 5 heteroatoms. The largest absolute Gasteiger partial charge is 0.500 e. The van der Waals surface area contributed by atoms with E-state index in [9.17, 15) is 0 Å². The lowest BCUT2D eigenvalue weighted by Gasteiger charge is -2.23. The van der Waals surface area contributed by atoms with Crippen LogP contribution < -0.4 is 0 Å². The Labute approximate surface area is 68.0 Å². The number of rotatable bonds is 5. The second-order valence-electron chi connectivity index (χ2n) is 1.89. The summed E-state index contributed by atoms with van der Waals surface area (Å²) in [5.41, 5.74) is 0. The van der Waals surface area contributed by atoms with Crippen LogP contribution in [0, 0.1) is 11.3 Å². The third-order valence-corrected chi connectivity index (χ3v) is 4.11. The van der Waals surface area contributed by atoms with Crippen molar-refractivity contribution < 1.29 is 13.3 Å². The van der Waals surface area contributed by atoms with Crippen LogP contribution in [0.4, 0.5) is 0 Å². The molecule has 0 aromatic heterocycles. The zero-order valence-corrected chi connectivity index (χ0v) is 8.09. The van der Waals surface area contributed by atoms with E-state index in [1.807, 2.05) is 13.0 Å². The molecule has 0 bridgehead atoms. The minimum atomic E-state index is -2.46. The fraction of sp³-hybridized carbons (Fsp3) is 0.833. The van der Waals surface area contributed by atoms with E-state index in [0.717, 1.165) is 0 Å². The molecule has 0 radical (unpaired) electrons. The maximum absolute atomic E-state index is 8.25. The molecule has 0 aliphatic rings. The normalized spacial score (nSPS) is 11.1. The topological polar surface area (TPSA) is 51.5 Å². The fourth-order valence-corrected chi connectivity index (χ4v) is 2.20. The van der Waals surface area contributed by atoms with Crippen molar-refractivity contribution in [2.75, 3.05) is 20.8 Å². The van der Waals surface area contributed by atoms with Crippen molar-refractivity contribution in [1.82, 2.24) is 0 Å². The van der Waals surface area contributed by atoms with Gasteiger partial charge in [0.05, 0.1) is 6.07 Å². The van der Waals surface area contributed by atoms with Gasteiger partial charge in [-0.2, -0.15) is 5.26 Å². The highest BCUT2D eigenvalue weighted by Crippen LogP contribution is 2.11. The molecule has 0 N–H and O–H groups in total. The molecule has 0 spiro atoms. The zero-order chi connectivity index (χ0) is 8.74. The monoisotopic (exact) mass is 175 g/mol. The summed E-state index contributed by atoms with van der Waals surface area (Å²) in [6.45, 7) is 1.94. The Morgan fingerprint density at radius 2 is 1.91 bits per heavy atom. The van der Waals surface area contributed by atoms with Gasteiger partial charge in [0.1, 0.15) is 6.61 Å².